The lowest BCUT2D eigenvalue weighted by atomic mass is 10.0. The molecule has 0 spiro atoms. The highest BCUT2D eigenvalue weighted by atomic mass is 16.2. The van der Waals surface area contributed by atoms with E-state index in [1.807, 2.05) is 0 Å². The van der Waals surface area contributed by atoms with Crippen molar-refractivity contribution in [1.29, 1.82) is 0 Å². The van der Waals surface area contributed by atoms with Gasteiger partial charge in [-0.1, -0.05) is 0 Å². The van der Waals surface area contributed by atoms with E-state index < -0.39 is 11.7 Å². The maximum absolute atomic E-state index is 11.0. The van der Waals surface area contributed by atoms with Crippen LogP contribution in [0.15, 0.2) is 17.1 Å². The third-order valence-corrected chi connectivity index (χ3v) is 1.33. The number of allylic oxidation sites excluding steroid dienone is 2. The summed E-state index contributed by atoms with van der Waals surface area (Å²) in [5.41, 5.74) is 0.0714. The molecule has 4 nitrogen and oxygen atoms in total. The molecule has 4 heteroatoms. The SMILES string of the molecule is CC(=O)N=C1C=CC(=O)CC1=O. The van der Waals surface area contributed by atoms with Crippen molar-refractivity contribution in [2.45, 2.75) is 13.3 Å². The predicted octanol–water partition coefficient (Wildman–Crippen LogP) is 0.0720. The molecule has 1 amide bonds. The molecule has 0 atom stereocenters. The van der Waals surface area contributed by atoms with Gasteiger partial charge in [-0.05, 0) is 12.2 Å². The smallest absolute Gasteiger partial charge is 0.243 e. The average molecular weight is 165 g/mol. The van der Waals surface area contributed by atoms with Crippen molar-refractivity contribution in [3.05, 3.63) is 12.2 Å². The molecule has 0 unspecified atom stereocenters. The average Bonchev–Trinajstić information content (AvgIpc) is 1.94. The van der Waals surface area contributed by atoms with Gasteiger partial charge in [-0.15, -0.1) is 0 Å². The zero-order valence-electron chi connectivity index (χ0n) is 6.53. The minimum absolute atomic E-state index is 0.0714. The van der Waals surface area contributed by atoms with E-state index in [2.05, 4.69) is 4.99 Å². The number of hydrogen-bond donors (Lipinski definition) is 0. The number of carbonyl (C=O) groups excluding carboxylic acids is 3. The largest absolute Gasteiger partial charge is 0.294 e. The van der Waals surface area contributed by atoms with Gasteiger partial charge >= 0.3 is 0 Å². The molecule has 0 aromatic rings. The third-order valence-electron chi connectivity index (χ3n) is 1.33. The molecular weight excluding hydrogens is 158 g/mol. The second-order valence-electron chi connectivity index (χ2n) is 2.42. The zero-order chi connectivity index (χ0) is 9.14. The lowest BCUT2D eigenvalue weighted by molar-refractivity contribution is -0.122. The van der Waals surface area contributed by atoms with Crippen LogP contribution in [0.4, 0.5) is 0 Å². The van der Waals surface area contributed by atoms with Crippen LogP contribution >= 0.6 is 0 Å². The van der Waals surface area contributed by atoms with Crippen LogP contribution in [0.1, 0.15) is 13.3 Å². The molecule has 0 bridgehead atoms. The summed E-state index contributed by atoms with van der Waals surface area (Å²) >= 11 is 0. The number of nitrogens with zero attached hydrogens (tertiary/aromatic N) is 1. The van der Waals surface area contributed by atoms with Crippen molar-refractivity contribution in [3.63, 3.8) is 0 Å². The molecule has 0 aromatic heterocycles. The molecular formula is C8H7NO3. The first-order valence-corrected chi connectivity index (χ1v) is 3.43. The summed E-state index contributed by atoms with van der Waals surface area (Å²) in [6.45, 7) is 1.25. The van der Waals surface area contributed by atoms with Gasteiger partial charge in [0.15, 0.2) is 11.6 Å². The van der Waals surface area contributed by atoms with Gasteiger partial charge < -0.3 is 0 Å². The summed E-state index contributed by atoms with van der Waals surface area (Å²) in [7, 11) is 0. The quantitative estimate of drug-likeness (QED) is 0.477. The minimum atomic E-state index is -0.433. The van der Waals surface area contributed by atoms with Gasteiger partial charge in [-0.2, -0.15) is 0 Å². The van der Waals surface area contributed by atoms with Crippen LogP contribution in [0.5, 0.6) is 0 Å². The number of ketones is 2. The van der Waals surface area contributed by atoms with Crippen LogP contribution < -0.4 is 0 Å². The molecule has 1 aliphatic carbocycles. The monoisotopic (exact) mass is 165 g/mol. The van der Waals surface area contributed by atoms with Crippen LogP contribution in [-0.2, 0) is 14.4 Å². The minimum Gasteiger partial charge on any atom is -0.294 e. The van der Waals surface area contributed by atoms with E-state index in [4.69, 9.17) is 0 Å². The Labute approximate surface area is 69.0 Å². The Balaban J connectivity index is 2.94. The second kappa shape index (κ2) is 3.21. The summed E-state index contributed by atoms with van der Waals surface area (Å²) < 4.78 is 0. The fourth-order valence-corrected chi connectivity index (χ4v) is 0.842. The van der Waals surface area contributed by atoms with Crippen molar-refractivity contribution in [2.75, 3.05) is 0 Å². The van der Waals surface area contributed by atoms with Gasteiger partial charge in [0.2, 0.25) is 5.91 Å². The fourth-order valence-electron chi connectivity index (χ4n) is 0.842. The van der Waals surface area contributed by atoms with Gasteiger partial charge in [-0.3, -0.25) is 14.4 Å². The van der Waals surface area contributed by atoms with E-state index in [0.717, 1.165) is 0 Å². The van der Waals surface area contributed by atoms with Crippen LogP contribution in [0.2, 0.25) is 0 Å². The number of Topliss-reactive ketones (excluding diaryl/α,β-unsaturated/α-hetero) is 1. The molecule has 62 valence electrons. The van der Waals surface area contributed by atoms with E-state index in [-0.39, 0.29) is 17.9 Å². The van der Waals surface area contributed by atoms with Gasteiger partial charge in [-0.25, -0.2) is 4.99 Å². The molecule has 0 N–H and O–H groups in total. The van der Waals surface area contributed by atoms with Crippen LogP contribution in [0, 0.1) is 0 Å². The van der Waals surface area contributed by atoms with Crippen LogP contribution in [0.3, 0.4) is 0 Å². The number of amides is 1. The van der Waals surface area contributed by atoms with Gasteiger partial charge in [0.1, 0.15) is 5.71 Å². The third kappa shape index (κ3) is 1.95. The summed E-state index contributed by atoms with van der Waals surface area (Å²) in [5, 5.41) is 0. The number of hydrogen-bond acceptors (Lipinski definition) is 3. The molecule has 0 heterocycles. The number of carbonyl (C=O) groups is 3. The molecule has 12 heavy (non-hydrogen) atoms. The standard InChI is InChI=1S/C8H7NO3/c1-5(10)9-7-3-2-6(11)4-8(7)12/h2-3H,4H2,1H3. The molecule has 0 fully saturated rings. The van der Waals surface area contributed by atoms with Crippen molar-refractivity contribution in [2.24, 2.45) is 4.99 Å². The maximum Gasteiger partial charge on any atom is 0.243 e. The summed E-state index contributed by atoms with van der Waals surface area (Å²) in [6.07, 6.45) is 2.35. The van der Waals surface area contributed by atoms with Gasteiger partial charge in [0.25, 0.3) is 0 Å². The highest BCUT2D eigenvalue weighted by Gasteiger charge is 2.17. The highest BCUT2D eigenvalue weighted by molar-refractivity contribution is 6.50. The Morgan fingerprint density at radius 1 is 1.42 bits per heavy atom. The number of aliphatic imine (C=N–C) groups is 1. The first kappa shape index (κ1) is 8.52. The maximum atomic E-state index is 11.0. The van der Waals surface area contributed by atoms with Gasteiger partial charge in [0.05, 0.1) is 6.42 Å². The van der Waals surface area contributed by atoms with Crippen molar-refractivity contribution >= 4 is 23.2 Å². The molecule has 0 aromatic carbocycles. The molecule has 0 radical (unpaired) electrons. The van der Waals surface area contributed by atoms with E-state index in [1.165, 1.54) is 19.1 Å². The Morgan fingerprint density at radius 2 is 2.08 bits per heavy atom. The first-order chi connectivity index (χ1) is 5.59. The zero-order valence-corrected chi connectivity index (χ0v) is 6.53. The Hall–Kier alpha value is -1.58. The van der Waals surface area contributed by atoms with E-state index >= 15 is 0 Å². The van der Waals surface area contributed by atoms with E-state index in [1.54, 1.807) is 0 Å². The molecule has 0 saturated heterocycles. The summed E-state index contributed by atoms with van der Waals surface area (Å²) in [5.74, 6) is -1.07. The molecule has 1 aliphatic rings. The Bertz CT molecular complexity index is 312. The van der Waals surface area contributed by atoms with E-state index in [0.29, 0.717) is 0 Å². The van der Waals surface area contributed by atoms with Crippen molar-refractivity contribution in [1.82, 2.24) is 0 Å². The first-order valence-electron chi connectivity index (χ1n) is 3.43. The van der Waals surface area contributed by atoms with Crippen molar-refractivity contribution < 1.29 is 14.4 Å². The molecule has 1 rings (SSSR count). The second-order valence-corrected chi connectivity index (χ2v) is 2.42. The topological polar surface area (TPSA) is 63.6 Å². The molecule has 0 aliphatic heterocycles. The number of rotatable bonds is 0. The van der Waals surface area contributed by atoms with Crippen molar-refractivity contribution in [3.8, 4) is 0 Å². The highest BCUT2D eigenvalue weighted by Crippen LogP contribution is 2.00. The lowest BCUT2D eigenvalue weighted by Gasteiger charge is -2.02. The normalized spacial score (nSPS) is 20.2. The predicted molar refractivity (Wildman–Crippen MR) is 41.9 cm³/mol. The summed E-state index contributed by atoms with van der Waals surface area (Å²) in [6, 6.07) is 0. The Kier molecular flexibility index (Phi) is 2.28. The fraction of sp³-hybridized carbons (Fsp3) is 0.250. The summed E-state index contributed by atoms with van der Waals surface area (Å²) in [4.78, 5) is 35.6. The van der Waals surface area contributed by atoms with Crippen LogP contribution in [0.25, 0.3) is 0 Å². The Morgan fingerprint density at radius 3 is 2.58 bits per heavy atom. The van der Waals surface area contributed by atoms with E-state index in [9.17, 15) is 14.4 Å². The molecule has 0 saturated carbocycles. The lowest BCUT2D eigenvalue weighted by Crippen LogP contribution is -2.20. The van der Waals surface area contributed by atoms with Crippen LogP contribution in [-0.4, -0.2) is 23.2 Å². The van der Waals surface area contributed by atoms with Gasteiger partial charge in [0, 0.05) is 6.92 Å².